The van der Waals surface area contributed by atoms with Gasteiger partial charge in [0, 0.05) is 50.2 Å². The van der Waals surface area contributed by atoms with Crippen LogP contribution in [0.3, 0.4) is 0 Å². The summed E-state index contributed by atoms with van der Waals surface area (Å²) in [6.07, 6.45) is 3.63. The number of pyridine rings is 1. The lowest BCUT2D eigenvalue weighted by molar-refractivity contribution is 0.101. The van der Waals surface area contributed by atoms with Gasteiger partial charge in [0.1, 0.15) is 5.82 Å². The lowest BCUT2D eigenvalue weighted by Crippen LogP contribution is -2.52. The van der Waals surface area contributed by atoms with Gasteiger partial charge in [-0.3, -0.25) is 0 Å². The molecule has 1 unspecified atom stereocenters. The first-order chi connectivity index (χ1) is 10.6. The summed E-state index contributed by atoms with van der Waals surface area (Å²) in [5.74, 6) is 1.53. The first-order valence-electron chi connectivity index (χ1n) is 7.89. The van der Waals surface area contributed by atoms with E-state index >= 15 is 0 Å². The molecule has 1 fully saturated rings. The summed E-state index contributed by atoms with van der Waals surface area (Å²) >= 11 is 0. The van der Waals surface area contributed by atoms with Gasteiger partial charge in [-0.05, 0) is 24.8 Å². The van der Waals surface area contributed by atoms with Crippen molar-refractivity contribution >= 4 is 17.6 Å². The molecule has 1 aromatic rings. The Morgan fingerprint density at radius 2 is 2.36 bits per heavy atom. The number of carbonyl (C=O) groups is 1. The Hall–Kier alpha value is -1.98. The molecule has 6 nitrogen and oxygen atoms in total. The van der Waals surface area contributed by atoms with Gasteiger partial charge in [-0.2, -0.15) is 0 Å². The van der Waals surface area contributed by atoms with Gasteiger partial charge in [0.2, 0.25) is 0 Å². The summed E-state index contributed by atoms with van der Waals surface area (Å²) in [6, 6.07) is 2.37. The van der Waals surface area contributed by atoms with Crippen LogP contribution in [0.2, 0.25) is 0 Å². The van der Waals surface area contributed by atoms with E-state index in [2.05, 4.69) is 35.2 Å². The predicted octanol–water partition coefficient (Wildman–Crippen LogP) is 1.96. The van der Waals surface area contributed by atoms with Crippen molar-refractivity contribution in [2.24, 2.45) is 5.92 Å². The third-order valence-electron chi connectivity index (χ3n) is 4.93. The summed E-state index contributed by atoms with van der Waals surface area (Å²) in [7, 11) is 3.57. The number of aromatic nitrogens is 1. The lowest BCUT2D eigenvalue weighted by atomic mass is 9.92. The van der Waals surface area contributed by atoms with Crippen LogP contribution in [0.15, 0.2) is 12.3 Å². The maximum absolute atomic E-state index is 11.8. The minimum atomic E-state index is -0.230. The monoisotopic (exact) mass is 304 g/mol. The molecule has 1 N–H and O–H groups in total. The van der Waals surface area contributed by atoms with Crippen molar-refractivity contribution in [3.8, 4) is 0 Å². The number of likely N-dealkylation sites (N-methyl/N-ethyl adjacent to an activating group) is 1. The van der Waals surface area contributed by atoms with Gasteiger partial charge >= 0.3 is 6.09 Å². The number of nitrogens with one attached hydrogen (secondary N) is 1. The molecule has 0 spiro atoms. The zero-order valence-electron chi connectivity index (χ0n) is 13.5. The fourth-order valence-corrected chi connectivity index (χ4v) is 3.54. The van der Waals surface area contributed by atoms with Crippen LogP contribution in [0.5, 0.6) is 0 Å². The number of methoxy groups -OCH3 is 1. The van der Waals surface area contributed by atoms with Crippen LogP contribution in [0.1, 0.15) is 18.9 Å². The molecule has 120 valence electrons. The maximum Gasteiger partial charge on any atom is 0.409 e. The molecule has 3 heterocycles. The van der Waals surface area contributed by atoms with Gasteiger partial charge < -0.3 is 19.9 Å². The van der Waals surface area contributed by atoms with E-state index in [-0.39, 0.29) is 6.09 Å². The average molecular weight is 304 g/mol. The molecule has 0 saturated carbocycles. The lowest BCUT2D eigenvalue weighted by Gasteiger charge is -2.42. The third kappa shape index (κ3) is 2.58. The number of amides is 1. The summed E-state index contributed by atoms with van der Waals surface area (Å²) in [6.45, 7) is 4.68. The number of rotatable bonds is 2. The summed E-state index contributed by atoms with van der Waals surface area (Å²) in [4.78, 5) is 20.4. The number of ether oxygens (including phenoxy) is 1. The van der Waals surface area contributed by atoms with Gasteiger partial charge in [-0.25, -0.2) is 9.78 Å². The normalized spacial score (nSPS) is 23.7. The first kappa shape index (κ1) is 14.9. The van der Waals surface area contributed by atoms with Crippen molar-refractivity contribution in [2.45, 2.75) is 25.8 Å². The number of hydrogen-bond acceptors (Lipinski definition) is 5. The van der Waals surface area contributed by atoms with Crippen molar-refractivity contribution < 1.29 is 9.53 Å². The van der Waals surface area contributed by atoms with Crippen LogP contribution < -0.4 is 10.2 Å². The quantitative estimate of drug-likeness (QED) is 0.905. The smallest absolute Gasteiger partial charge is 0.409 e. The van der Waals surface area contributed by atoms with E-state index in [0.717, 1.165) is 31.7 Å². The van der Waals surface area contributed by atoms with Crippen LogP contribution >= 0.6 is 0 Å². The highest BCUT2D eigenvalue weighted by molar-refractivity contribution is 5.68. The number of likely N-dealkylation sites (tertiary alicyclic amines) is 1. The molecule has 1 saturated heterocycles. The van der Waals surface area contributed by atoms with Gasteiger partial charge in [0.05, 0.1) is 7.11 Å². The van der Waals surface area contributed by atoms with E-state index in [1.54, 1.807) is 4.90 Å². The van der Waals surface area contributed by atoms with Crippen molar-refractivity contribution in [1.29, 1.82) is 0 Å². The number of nitrogens with zero attached hydrogens (tertiary/aromatic N) is 3. The zero-order valence-corrected chi connectivity index (χ0v) is 13.5. The minimum absolute atomic E-state index is 0.230. The molecule has 0 bridgehead atoms. The van der Waals surface area contributed by atoms with Crippen molar-refractivity contribution in [1.82, 2.24) is 9.88 Å². The highest BCUT2D eigenvalue weighted by atomic mass is 16.5. The van der Waals surface area contributed by atoms with Crippen LogP contribution in [0.25, 0.3) is 0 Å². The van der Waals surface area contributed by atoms with E-state index < -0.39 is 0 Å². The molecule has 2 atom stereocenters. The highest BCUT2D eigenvalue weighted by Crippen LogP contribution is 2.33. The van der Waals surface area contributed by atoms with Gasteiger partial charge in [0.25, 0.3) is 0 Å². The molecular formula is C16H24N4O2. The highest BCUT2D eigenvalue weighted by Gasteiger charge is 2.33. The zero-order chi connectivity index (χ0) is 15.7. The fourth-order valence-electron chi connectivity index (χ4n) is 3.54. The Balaban J connectivity index is 1.83. The van der Waals surface area contributed by atoms with Gasteiger partial charge in [0.15, 0.2) is 0 Å². The summed E-state index contributed by atoms with van der Waals surface area (Å²) in [5, 5.41) is 3.32. The Kier molecular flexibility index (Phi) is 4.09. The minimum Gasteiger partial charge on any atom is -0.453 e. The number of hydrogen-bond donors (Lipinski definition) is 1. The molecule has 0 aliphatic carbocycles. The van der Waals surface area contributed by atoms with Gasteiger partial charge in [-0.1, -0.05) is 6.92 Å². The molecular weight excluding hydrogens is 280 g/mol. The average Bonchev–Trinajstić information content (AvgIpc) is 3.02. The molecule has 6 heteroatoms. The molecule has 2 aliphatic heterocycles. The second-order valence-corrected chi connectivity index (χ2v) is 6.19. The molecule has 22 heavy (non-hydrogen) atoms. The van der Waals surface area contributed by atoms with Crippen molar-refractivity contribution in [2.75, 3.05) is 44.0 Å². The fraction of sp³-hybridized carbons (Fsp3) is 0.625. The van der Waals surface area contributed by atoms with Crippen LogP contribution in [0, 0.1) is 5.92 Å². The Morgan fingerprint density at radius 1 is 1.55 bits per heavy atom. The third-order valence-corrected chi connectivity index (χ3v) is 4.93. The topological polar surface area (TPSA) is 57.7 Å². The maximum atomic E-state index is 11.8. The van der Waals surface area contributed by atoms with E-state index in [1.807, 2.05) is 6.20 Å². The van der Waals surface area contributed by atoms with E-state index in [0.29, 0.717) is 18.5 Å². The molecule has 0 radical (unpaired) electrons. The van der Waals surface area contributed by atoms with Gasteiger partial charge in [-0.15, -0.1) is 0 Å². The molecule has 2 aliphatic rings. The molecule has 3 rings (SSSR count). The van der Waals surface area contributed by atoms with Crippen LogP contribution in [0.4, 0.5) is 16.3 Å². The first-order valence-corrected chi connectivity index (χ1v) is 7.89. The van der Waals surface area contributed by atoms with E-state index in [4.69, 9.17) is 4.74 Å². The van der Waals surface area contributed by atoms with E-state index in [1.165, 1.54) is 18.4 Å². The molecule has 1 amide bonds. The number of anilines is 2. The SMILES string of the molecule is COC(=O)N1CC[C@@H](C)C(N(C)c2ccnc3c2CCN3)C1. The van der Waals surface area contributed by atoms with E-state index in [9.17, 15) is 4.79 Å². The number of fused-ring (bicyclic) bond motifs is 1. The molecule has 0 aromatic carbocycles. The Labute approximate surface area is 131 Å². The van der Waals surface area contributed by atoms with Crippen molar-refractivity contribution in [3.63, 3.8) is 0 Å². The largest absolute Gasteiger partial charge is 0.453 e. The summed E-state index contributed by atoms with van der Waals surface area (Å²) in [5.41, 5.74) is 2.51. The molecule has 1 aromatic heterocycles. The van der Waals surface area contributed by atoms with Crippen molar-refractivity contribution in [3.05, 3.63) is 17.8 Å². The number of carbonyl (C=O) groups excluding carboxylic acids is 1. The predicted molar refractivity (Wildman–Crippen MR) is 86.4 cm³/mol. The number of piperidine rings is 1. The van der Waals surface area contributed by atoms with Crippen LogP contribution in [-0.4, -0.2) is 55.8 Å². The summed E-state index contributed by atoms with van der Waals surface area (Å²) < 4.78 is 4.88. The Bertz CT molecular complexity index is 563. The second kappa shape index (κ2) is 6.02. The van der Waals surface area contributed by atoms with Crippen LogP contribution in [-0.2, 0) is 11.2 Å². The standard InChI is InChI=1S/C16H24N4O2/c1-11-6-9-20(16(21)22-3)10-14(11)19(2)13-5-8-18-15-12(13)4-7-17-15/h5,8,11,14H,4,6-7,9-10H2,1-3H3,(H,17,18)/t11-,14?/m1/s1. The Morgan fingerprint density at radius 3 is 3.14 bits per heavy atom. The second-order valence-electron chi connectivity index (χ2n) is 6.19.